The van der Waals surface area contributed by atoms with Crippen molar-refractivity contribution < 1.29 is 17.6 Å². The Labute approximate surface area is 139 Å². The molecule has 0 saturated carbocycles. The van der Waals surface area contributed by atoms with Gasteiger partial charge in [0, 0.05) is 24.8 Å². The highest BCUT2D eigenvalue weighted by Crippen LogP contribution is 2.09. The van der Waals surface area contributed by atoms with Crippen molar-refractivity contribution in [2.75, 3.05) is 25.5 Å². The standard InChI is InChI=1S/C15H17FN4O3S/c1-17-24(22,23)13-6-7-14(20-10-13)18-8-9-19-15(21)11-2-4-12(16)5-3-11/h2-7,10,17H,8-9H2,1H3,(H,18,20)(H,19,21). The van der Waals surface area contributed by atoms with Gasteiger partial charge in [0.1, 0.15) is 16.5 Å². The van der Waals surface area contributed by atoms with E-state index in [4.69, 9.17) is 0 Å². The Morgan fingerprint density at radius 3 is 2.42 bits per heavy atom. The first-order valence-corrected chi connectivity index (χ1v) is 8.58. The van der Waals surface area contributed by atoms with Gasteiger partial charge in [-0.25, -0.2) is 22.5 Å². The number of sulfonamides is 1. The predicted molar refractivity (Wildman–Crippen MR) is 87.7 cm³/mol. The van der Waals surface area contributed by atoms with Gasteiger partial charge in [-0.05, 0) is 43.4 Å². The largest absolute Gasteiger partial charge is 0.368 e. The molecule has 128 valence electrons. The van der Waals surface area contributed by atoms with Gasteiger partial charge in [-0.3, -0.25) is 4.79 Å². The lowest BCUT2D eigenvalue weighted by atomic mass is 10.2. The van der Waals surface area contributed by atoms with Crippen LogP contribution < -0.4 is 15.4 Å². The number of anilines is 1. The molecule has 2 aromatic rings. The SMILES string of the molecule is CNS(=O)(=O)c1ccc(NCCNC(=O)c2ccc(F)cc2)nc1. The fraction of sp³-hybridized carbons (Fsp3) is 0.200. The summed E-state index contributed by atoms with van der Waals surface area (Å²) in [6.45, 7) is 0.729. The number of benzene rings is 1. The quantitative estimate of drug-likeness (QED) is 0.645. The zero-order valence-electron chi connectivity index (χ0n) is 12.9. The molecule has 1 amide bonds. The summed E-state index contributed by atoms with van der Waals surface area (Å²) in [5.41, 5.74) is 0.371. The third-order valence-electron chi connectivity index (χ3n) is 3.14. The molecule has 0 aliphatic heterocycles. The van der Waals surface area contributed by atoms with Crippen LogP contribution in [0.25, 0.3) is 0 Å². The van der Waals surface area contributed by atoms with Gasteiger partial charge in [0.25, 0.3) is 5.91 Å². The topological polar surface area (TPSA) is 100 Å². The lowest BCUT2D eigenvalue weighted by Crippen LogP contribution is -2.28. The highest BCUT2D eigenvalue weighted by molar-refractivity contribution is 7.89. The molecule has 3 N–H and O–H groups in total. The summed E-state index contributed by atoms with van der Waals surface area (Å²) < 4.78 is 38.1. The van der Waals surface area contributed by atoms with E-state index < -0.39 is 15.8 Å². The van der Waals surface area contributed by atoms with E-state index in [2.05, 4.69) is 20.3 Å². The van der Waals surface area contributed by atoms with Crippen LogP contribution >= 0.6 is 0 Å². The fourth-order valence-corrected chi connectivity index (χ4v) is 2.51. The van der Waals surface area contributed by atoms with E-state index in [1.165, 1.54) is 49.6 Å². The summed E-state index contributed by atoms with van der Waals surface area (Å²) >= 11 is 0. The summed E-state index contributed by atoms with van der Waals surface area (Å²) in [6, 6.07) is 8.21. The second-order valence-electron chi connectivity index (χ2n) is 4.78. The van der Waals surface area contributed by atoms with Crippen LogP contribution in [0.1, 0.15) is 10.4 Å². The van der Waals surface area contributed by atoms with Crippen molar-refractivity contribution in [3.8, 4) is 0 Å². The van der Waals surface area contributed by atoms with E-state index in [-0.39, 0.29) is 10.8 Å². The monoisotopic (exact) mass is 352 g/mol. The van der Waals surface area contributed by atoms with E-state index in [1.807, 2.05) is 0 Å². The van der Waals surface area contributed by atoms with E-state index in [9.17, 15) is 17.6 Å². The third-order valence-corrected chi connectivity index (χ3v) is 4.54. The molecule has 0 fully saturated rings. The predicted octanol–water partition coefficient (Wildman–Crippen LogP) is 0.971. The first-order chi connectivity index (χ1) is 11.4. The minimum atomic E-state index is -3.51. The van der Waals surface area contributed by atoms with Crippen molar-refractivity contribution >= 4 is 21.7 Å². The Balaban J connectivity index is 1.80. The molecule has 9 heteroatoms. The number of hydrogen-bond acceptors (Lipinski definition) is 5. The first-order valence-electron chi connectivity index (χ1n) is 7.09. The normalized spacial score (nSPS) is 11.1. The van der Waals surface area contributed by atoms with Crippen LogP contribution in [0, 0.1) is 5.82 Å². The number of nitrogens with zero attached hydrogens (tertiary/aromatic N) is 1. The second-order valence-corrected chi connectivity index (χ2v) is 6.66. The zero-order chi connectivity index (χ0) is 17.6. The number of rotatable bonds is 7. The summed E-state index contributed by atoms with van der Waals surface area (Å²) in [5, 5.41) is 5.63. The molecule has 0 aliphatic rings. The molecular formula is C15H17FN4O3S. The van der Waals surface area contributed by atoms with Crippen molar-refractivity contribution in [1.82, 2.24) is 15.0 Å². The van der Waals surface area contributed by atoms with Crippen LogP contribution in [0.3, 0.4) is 0 Å². The van der Waals surface area contributed by atoms with Crippen molar-refractivity contribution in [2.45, 2.75) is 4.90 Å². The number of carbonyl (C=O) groups is 1. The lowest BCUT2D eigenvalue weighted by molar-refractivity contribution is 0.0955. The maximum absolute atomic E-state index is 12.8. The highest BCUT2D eigenvalue weighted by atomic mass is 32.2. The van der Waals surface area contributed by atoms with E-state index in [1.54, 1.807) is 0 Å². The smallest absolute Gasteiger partial charge is 0.251 e. The van der Waals surface area contributed by atoms with E-state index >= 15 is 0 Å². The van der Waals surface area contributed by atoms with Gasteiger partial charge in [0.05, 0.1) is 0 Å². The summed E-state index contributed by atoms with van der Waals surface area (Å²) in [4.78, 5) is 15.9. The molecule has 0 radical (unpaired) electrons. The third kappa shape index (κ3) is 4.74. The van der Waals surface area contributed by atoms with E-state index in [0.29, 0.717) is 24.5 Å². The molecule has 7 nitrogen and oxygen atoms in total. The molecular weight excluding hydrogens is 335 g/mol. The second kappa shape index (κ2) is 7.84. The number of halogens is 1. The first kappa shape index (κ1) is 17.8. The van der Waals surface area contributed by atoms with Crippen LogP contribution in [0.2, 0.25) is 0 Å². The number of carbonyl (C=O) groups excluding carboxylic acids is 1. The summed E-state index contributed by atoms with van der Waals surface area (Å²) in [7, 11) is -2.18. The van der Waals surface area contributed by atoms with Crippen LogP contribution in [-0.2, 0) is 10.0 Å². The van der Waals surface area contributed by atoms with Gasteiger partial charge < -0.3 is 10.6 Å². The van der Waals surface area contributed by atoms with Crippen LogP contribution in [0.4, 0.5) is 10.2 Å². The Morgan fingerprint density at radius 1 is 1.12 bits per heavy atom. The van der Waals surface area contributed by atoms with E-state index in [0.717, 1.165) is 0 Å². The fourth-order valence-electron chi connectivity index (χ4n) is 1.83. The molecule has 1 aromatic heterocycles. The minimum absolute atomic E-state index is 0.0696. The molecule has 1 heterocycles. The molecule has 0 aliphatic carbocycles. The number of amides is 1. The van der Waals surface area contributed by atoms with Gasteiger partial charge in [0.15, 0.2) is 0 Å². The maximum Gasteiger partial charge on any atom is 0.251 e. The molecule has 24 heavy (non-hydrogen) atoms. The summed E-state index contributed by atoms with van der Waals surface area (Å²) in [5.74, 6) is -0.218. The minimum Gasteiger partial charge on any atom is -0.368 e. The maximum atomic E-state index is 12.8. The van der Waals surface area contributed by atoms with Crippen molar-refractivity contribution in [2.24, 2.45) is 0 Å². The van der Waals surface area contributed by atoms with Gasteiger partial charge in [-0.15, -0.1) is 0 Å². The summed E-state index contributed by atoms with van der Waals surface area (Å²) in [6.07, 6.45) is 1.24. The van der Waals surface area contributed by atoms with Crippen LogP contribution in [-0.4, -0.2) is 39.4 Å². The molecule has 0 spiro atoms. The Morgan fingerprint density at radius 2 is 1.83 bits per heavy atom. The zero-order valence-corrected chi connectivity index (χ0v) is 13.7. The lowest BCUT2D eigenvalue weighted by Gasteiger charge is -2.08. The number of hydrogen-bond donors (Lipinski definition) is 3. The average molecular weight is 352 g/mol. The van der Waals surface area contributed by atoms with Gasteiger partial charge >= 0.3 is 0 Å². The molecule has 0 unspecified atom stereocenters. The van der Waals surface area contributed by atoms with Crippen LogP contribution in [0.15, 0.2) is 47.5 Å². The van der Waals surface area contributed by atoms with Gasteiger partial charge in [-0.1, -0.05) is 0 Å². The molecule has 2 rings (SSSR count). The molecule has 0 atom stereocenters. The Hall–Kier alpha value is -2.52. The Bertz CT molecular complexity index is 792. The van der Waals surface area contributed by atoms with Gasteiger partial charge in [0.2, 0.25) is 10.0 Å². The van der Waals surface area contributed by atoms with Crippen molar-refractivity contribution in [3.63, 3.8) is 0 Å². The number of nitrogens with one attached hydrogen (secondary N) is 3. The van der Waals surface area contributed by atoms with Gasteiger partial charge in [-0.2, -0.15) is 0 Å². The number of pyridine rings is 1. The van der Waals surface area contributed by atoms with Crippen molar-refractivity contribution in [1.29, 1.82) is 0 Å². The Kier molecular flexibility index (Phi) is 5.83. The van der Waals surface area contributed by atoms with Crippen LogP contribution in [0.5, 0.6) is 0 Å². The number of aromatic nitrogens is 1. The highest BCUT2D eigenvalue weighted by Gasteiger charge is 2.11. The molecule has 0 bridgehead atoms. The van der Waals surface area contributed by atoms with Crippen molar-refractivity contribution in [3.05, 3.63) is 54.0 Å². The average Bonchev–Trinajstić information content (AvgIpc) is 2.59. The molecule has 1 aromatic carbocycles. The molecule has 0 saturated heterocycles.